The van der Waals surface area contributed by atoms with Crippen LogP contribution in [0.25, 0.3) is 0 Å². The van der Waals surface area contributed by atoms with E-state index in [0.717, 1.165) is 42.4 Å². The molecule has 0 unspecified atom stereocenters. The predicted octanol–water partition coefficient (Wildman–Crippen LogP) is 1.68. The molecule has 0 radical (unpaired) electrons. The highest BCUT2D eigenvalue weighted by Crippen LogP contribution is 2.22. The third kappa shape index (κ3) is 3.67. The fourth-order valence-corrected chi connectivity index (χ4v) is 2.95. The summed E-state index contributed by atoms with van der Waals surface area (Å²) in [5, 5.41) is 7.01. The Kier molecular flexibility index (Phi) is 4.27. The Morgan fingerprint density at radius 3 is 2.70 bits per heavy atom. The van der Waals surface area contributed by atoms with Crippen LogP contribution in [0.3, 0.4) is 0 Å². The minimum Gasteiger partial charge on any atom is -0.340 e. The molecule has 0 bridgehead atoms. The first kappa shape index (κ1) is 15.5. The molecule has 2 aromatic heterocycles. The summed E-state index contributed by atoms with van der Waals surface area (Å²) < 4.78 is 1.67. The van der Waals surface area contributed by atoms with Gasteiger partial charge in [-0.15, -0.1) is 0 Å². The molecule has 1 saturated heterocycles. The number of anilines is 2. The number of nitrogens with one attached hydrogen (secondary N) is 1. The number of aromatic nitrogens is 4. The van der Waals surface area contributed by atoms with E-state index < -0.39 is 0 Å². The van der Waals surface area contributed by atoms with E-state index in [1.165, 1.54) is 0 Å². The molecule has 0 aromatic carbocycles. The zero-order valence-electron chi connectivity index (χ0n) is 13.8. The standard InChI is InChI=1S/C16H22N6O/c1-11-7-12(2)19-16(18-11)22-6-4-5-13(9-22)15(23)20-14-8-17-21(3)10-14/h7-8,10,13H,4-6,9H2,1-3H3,(H,20,23)/t13-/m1/s1. The van der Waals surface area contributed by atoms with Crippen molar-refractivity contribution in [2.24, 2.45) is 13.0 Å². The second kappa shape index (κ2) is 6.36. The lowest BCUT2D eigenvalue weighted by Gasteiger charge is -2.32. The van der Waals surface area contributed by atoms with Crippen LogP contribution in [0.2, 0.25) is 0 Å². The SMILES string of the molecule is Cc1cc(C)nc(N2CCC[C@@H](C(=O)Nc3cnn(C)c3)C2)n1. The van der Waals surface area contributed by atoms with E-state index >= 15 is 0 Å². The second-order valence-electron chi connectivity index (χ2n) is 6.13. The third-order valence-electron chi connectivity index (χ3n) is 4.02. The summed E-state index contributed by atoms with van der Waals surface area (Å²) in [4.78, 5) is 23.6. The predicted molar refractivity (Wildman–Crippen MR) is 88.3 cm³/mol. The number of nitrogens with zero attached hydrogens (tertiary/aromatic N) is 5. The van der Waals surface area contributed by atoms with Crippen LogP contribution in [-0.2, 0) is 11.8 Å². The highest BCUT2D eigenvalue weighted by molar-refractivity contribution is 5.92. The fraction of sp³-hybridized carbons (Fsp3) is 0.500. The number of aryl methyl sites for hydroxylation is 3. The van der Waals surface area contributed by atoms with E-state index in [1.807, 2.05) is 27.0 Å². The molecule has 2 aromatic rings. The van der Waals surface area contributed by atoms with E-state index in [2.05, 4.69) is 25.3 Å². The minimum absolute atomic E-state index is 0.0343. The van der Waals surface area contributed by atoms with Gasteiger partial charge in [0.1, 0.15) is 0 Å². The largest absolute Gasteiger partial charge is 0.340 e. The maximum absolute atomic E-state index is 12.5. The molecular weight excluding hydrogens is 292 g/mol. The summed E-state index contributed by atoms with van der Waals surface area (Å²) in [5.74, 6) is 0.696. The Labute approximate surface area is 135 Å². The Hall–Kier alpha value is -2.44. The van der Waals surface area contributed by atoms with E-state index in [1.54, 1.807) is 17.1 Å². The van der Waals surface area contributed by atoms with E-state index in [4.69, 9.17) is 0 Å². The van der Waals surface area contributed by atoms with Crippen molar-refractivity contribution < 1.29 is 4.79 Å². The van der Waals surface area contributed by atoms with Crippen LogP contribution < -0.4 is 10.2 Å². The van der Waals surface area contributed by atoms with Crippen molar-refractivity contribution in [1.82, 2.24) is 19.7 Å². The first-order chi connectivity index (χ1) is 11.0. The number of carbonyl (C=O) groups excluding carboxylic acids is 1. The molecule has 1 atom stereocenters. The quantitative estimate of drug-likeness (QED) is 0.933. The molecule has 0 saturated carbocycles. The van der Waals surface area contributed by atoms with Gasteiger partial charge in [-0.2, -0.15) is 5.10 Å². The van der Waals surface area contributed by atoms with Gasteiger partial charge in [-0.05, 0) is 32.8 Å². The number of carbonyl (C=O) groups is 1. The van der Waals surface area contributed by atoms with E-state index in [0.29, 0.717) is 6.54 Å². The van der Waals surface area contributed by atoms with Crippen LogP contribution in [0.15, 0.2) is 18.5 Å². The molecule has 122 valence electrons. The molecule has 1 amide bonds. The minimum atomic E-state index is -0.0617. The molecule has 0 aliphatic carbocycles. The van der Waals surface area contributed by atoms with Crippen LogP contribution in [0.1, 0.15) is 24.2 Å². The van der Waals surface area contributed by atoms with Crippen LogP contribution in [0.4, 0.5) is 11.6 Å². The topological polar surface area (TPSA) is 75.9 Å². The molecule has 7 heteroatoms. The summed E-state index contributed by atoms with van der Waals surface area (Å²) in [6, 6.07) is 1.96. The molecule has 0 spiro atoms. The number of hydrogen-bond acceptors (Lipinski definition) is 5. The normalized spacial score (nSPS) is 18.0. The van der Waals surface area contributed by atoms with Crippen LogP contribution in [-0.4, -0.2) is 38.7 Å². The van der Waals surface area contributed by atoms with Crippen molar-refractivity contribution in [2.75, 3.05) is 23.3 Å². The van der Waals surface area contributed by atoms with Gasteiger partial charge in [0.2, 0.25) is 11.9 Å². The monoisotopic (exact) mass is 314 g/mol. The lowest BCUT2D eigenvalue weighted by atomic mass is 9.97. The fourth-order valence-electron chi connectivity index (χ4n) is 2.95. The molecule has 1 fully saturated rings. The lowest BCUT2D eigenvalue weighted by molar-refractivity contribution is -0.120. The van der Waals surface area contributed by atoms with Gasteiger partial charge in [0.05, 0.1) is 17.8 Å². The molecular formula is C16H22N6O. The summed E-state index contributed by atoms with van der Waals surface area (Å²) in [7, 11) is 1.83. The van der Waals surface area contributed by atoms with Gasteiger partial charge >= 0.3 is 0 Å². The smallest absolute Gasteiger partial charge is 0.229 e. The van der Waals surface area contributed by atoms with Crippen molar-refractivity contribution in [3.63, 3.8) is 0 Å². The van der Waals surface area contributed by atoms with E-state index in [9.17, 15) is 4.79 Å². The molecule has 1 aliphatic heterocycles. The molecule has 1 aliphatic rings. The average molecular weight is 314 g/mol. The Morgan fingerprint density at radius 2 is 2.04 bits per heavy atom. The van der Waals surface area contributed by atoms with Crippen molar-refractivity contribution >= 4 is 17.5 Å². The maximum Gasteiger partial charge on any atom is 0.229 e. The number of rotatable bonds is 3. The summed E-state index contributed by atoms with van der Waals surface area (Å²) in [6.07, 6.45) is 5.30. The number of amides is 1. The van der Waals surface area contributed by atoms with Crippen molar-refractivity contribution in [3.05, 3.63) is 29.8 Å². The first-order valence-corrected chi connectivity index (χ1v) is 7.88. The van der Waals surface area contributed by atoms with Crippen molar-refractivity contribution in [1.29, 1.82) is 0 Å². The lowest BCUT2D eigenvalue weighted by Crippen LogP contribution is -2.41. The molecule has 7 nitrogen and oxygen atoms in total. The molecule has 3 heterocycles. The maximum atomic E-state index is 12.5. The number of piperidine rings is 1. The Balaban J connectivity index is 1.69. The zero-order chi connectivity index (χ0) is 16.4. The Bertz CT molecular complexity index is 690. The molecule has 1 N–H and O–H groups in total. The van der Waals surface area contributed by atoms with Gasteiger partial charge in [-0.25, -0.2) is 9.97 Å². The van der Waals surface area contributed by atoms with Crippen LogP contribution >= 0.6 is 0 Å². The van der Waals surface area contributed by atoms with Gasteiger partial charge in [0.25, 0.3) is 0 Å². The average Bonchev–Trinajstić information content (AvgIpc) is 2.91. The summed E-state index contributed by atoms with van der Waals surface area (Å²) in [6.45, 7) is 5.47. The summed E-state index contributed by atoms with van der Waals surface area (Å²) in [5.41, 5.74) is 2.64. The van der Waals surface area contributed by atoms with Crippen LogP contribution in [0.5, 0.6) is 0 Å². The Morgan fingerprint density at radius 1 is 1.30 bits per heavy atom. The van der Waals surface area contributed by atoms with Gasteiger partial charge < -0.3 is 10.2 Å². The van der Waals surface area contributed by atoms with Gasteiger partial charge in [0, 0.05) is 37.7 Å². The second-order valence-corrected chi connectivity index (χ2v) is 6.13. The summed E-state index contributed by atoms with van der Waals surface area (Å²) >= 11 is 0. The van der Waals surface area contributed by atoms with Gasteiger partial charge in [-0.3, -0.25) is 9.48 Å². The number of hydrogen-bond donors (Lipinski definition) is 1. The highest BCUT2D eigenvalue weighted by atomic mass is 16.1. The third-order valence-corrected chi connectivity index (χ3v) is 4.02. The molecule has 3 rings (SSSR count). The first-order valence-electron chi connectivity index (χ1n) is 7.88. The van der Waals surface area contributed by atoms with Gasteiger partial charge in [0.15, 0.2) is 0 Å². The zero-order valence-corrected chi connectivity index (χ0v) is 13.8. The van der Waals surface area contributed by atoms with E-state index in [-0.39, 0.29) is 11.8 Å². The van der Waals surface area contributed by atoms with Crippen molar-refractivity contribution in [3.8, 4) is 0 Å². The van der Waals surface area contributed by atoms with Gasteiger partial charge in [-0.1, -0.05) is 0 Å². The van der Waals surface area contributed by atoms with Crippen LogP contribution in [0, 0.1) is 19.8 Å². The van der Waals surface area contributed by atoms with Crippen molar-refractivity contribution in [2.45, 2.75) is 26.7 Å². The molecule has 23 heavy (non-hydrogen) atoms. The highest BCUT2D eigenvalue weighted by Gasteiger charge is 2.27.